The van der Waals surface area contributed by atoms with Crippen molar-refractivity contribution in [1.29, 1.82) is 0 Å². The average molecular weight is 631 g/mol. The Bertz CT molecular complexity index is 1640. The monoisotopic (exact) mass is 630 g/mol. The summed E-state index contributed by atoms with van der Waals surface area (Å²) in [5.41, 5.74) is 2.72. The molecule has 12 heteroatoms. The van der Waals surface area contributed by atoms with E-state index in [0.29, 0.717) is 71.8 Å². The van der Waals surface area contributed by atoms with Gasteiger partial charge in [-0.3, -0.25) is 9.80 Å². The zero-order valence-electron chi connectivity index (χ0n) is 25.3. The van der Waals surface area contributed by atoms with Gasteiger partial charge in [0.2, 0.25) is 13.6 Å². The van der Waals surface area contributed by atoms with Gasteiger partial charge in [0.05, 0.1) is 26.3 Å². The molecule has 12 nitrogen and oxygen atoms in total. The van der Waals surface area contributed by atoms with Crippen molar-refractivity contribution in [3.63, 3.8) is 0 Å². The van der Waals surface area contributed by atoms with Gasteiger partial charge in [-0.2, -0.15) is 0 Å². The quantitative estimate of drug-likeness (QED) is 0.218. The van der Waals surface area contributed by atoms with Gasteiger partial charge in [-0.1, -0.05) is 12.1 Å². The number of phenolic OH excluding ortho intramolecular Hbond substituents is 4. The number of nitrogens with zero attached hydrogens (tertiary/aromatic N) is 2. The number of hydrogen-bond acceptors (Lipinski definition) is 12. The van der Waals surface area contributed by atoms with Crippen molar-refractivity contribution in [2.24, 2.45) is 0 Å². The number of rotatable bonds is 8. The summed E-state index contributed by atoms with van der Waals surface area (Å²) in [6, 6.07) is 16.2. The van der Waals surface area contributed by atoms with Gasteiger partial charge in [-0.05, 0) is 47.5 Å². The highest BCUT2D eigenvalue weighted by Gasteiger charge is 2.35. The second kappa shape index (κ2) is 12.0. The Balaban J connectivity index is 1.24. The number of phenols is 4. The van der Waals surface area contributed by atoms with Crippen LogP contribution in [0.3, 0.4) is 0 Å². The molecular formula is C34H34N2O10. The molecule has 3 aliphatic heterocycles. The van der Waals surface area contributed by atoms with Crippen molar-refractivity contribution in [1.82, 2.24) is 9.80 Å². The minimum atomic E-state index is -0.448. The smallest absolute Gasteiger partial charge is 0.231 e. The molecule has 1 fully saturated rings. The molecule has 0 saturated carbocycles. The van der Waals surface area contributed by atoms with E-state index >= 15 is 0 Å². The van der Waals surface area contributed by atoms with E-state index in [1.807, 2.05) is 12.1 Å². The van der Waals surface area contributed by atoms with Crippen molar-refractivity contribution in [3.05, 3.63) is 82.9 Å². The predicted octanol–water partition coefficient (Wildman–Crippen LogP) is 4.48. The molecule has 2 atom stereocenters. The molecule has 0 bridgehead atoms. The molecule has 0 amide bonds. The highest BCUT2D eigenvalue weighted by molar-refractivity contribution is 5.57. The molecule has 240 valence electrons. The SMILES string of the molecule is COc1ccc([C@@H](c2cc3c(cc2O)OCO3)N2CCN([C@@H](c3ccc(OC)c(O)c3)c3cc4c(cc3O)OCO4)CC2)cc1O. The van der Waals surface area contributed by atoms with Crippen molar-refractivity contribution >= 4 is 0 Å². The molecule has 0 aromatic heterocycles. The van der Waals surface area contributed by atoms with Gasteiger partial charge in [0.15, 0.2) is 46.0 Å². The lowest BCUT2D eigenvalue weighted by atomic mass is 9.92. The van der Waals surface area contributed by atoms with Crippen molar-refractivity contribution in [2.75, 3.05) is 54.0 Å². The van der Waals surface area contributed by atoms with Crippen LogP contribution < -0.4 is 28.4 Å². The molecule has 1 saturated heterocycles. The molecule has 0 unspecified atom stereocenters. The number of methoxy groups -OCH3 is 2. The molecule has 0 aliphatic carbocycles. The summed E-state index contributed by atoms with van der Waals surface area (Å²) in [4.78, 5) is 4.44. The van der Waals surface area contributed by atoms with Crippen LogP contribution in [0.1, 0.15) is 34.3 Å². The normalized spacial score (nSPS) is 17.1. The minimum Gasteiger partial charge on any atom is -0.507 e. The van der Waals surface area contributed by atoms with E-state index in [-0.39, 0.29) is 36.6 Å². The lowest BCUT2D eigenvalue weighted by Crippen LogP contribution is -2.49. The number of aromatic hydroxyl groups is 4. The third kappa shape index (κ3) is 5.25. The molecule has 3 heterocycles. The standard InChI is InChI=1S/C34H34N2O10/c1-41-27-5-3-19(11-25(27)39)33(21-13-29-31(15-23(21)37)45-17-43-29)35-7-9-36(10-8-35)34(20-4-6-28(42-2)26(40)12-20)22-14-30-32(16-24(22)38)46-18-44-30/h3-6,11-16,33-34,37-40H,7-10,17-18H2,1-2H3/t33-,34-/m0/s1. The minimum absolute atomic E-state index is 0.0125. The van der Waals surface area contributed by atoms with Gasteiger partial charge in [0.1, 0.15) is 11.5 Å². The number of fused-ring (bicyclic) bond motifs is 2. The van der Waals surface area contributed by atoms with Crippen LogP contribution in [0.2, 0.25) is 0 Å². The van der Waals surface area contributed by atoms with Crippen molar-refractivity contribution < 1.29 is 48.8 Å². The first-order chi connectivity index (χ1) is 22.3. The van der Waals surface area contributed by atoms with E-state index in [1.165, 1.54) is 14.2 Å². The fourth-order valence-electron chi connectivity index (χ4n) is 6.51. The van der Waals surface area contributed by atoms with E-state index in [2.05, 4.69) is 9.80 Å². The lowest BCUT2D eigenvalue weighted by Gasteiger charge is -2.43. The van der Waals surface area contributed by atoms with Crippen LogP contribution >= 0.6 is 0 Å². The summed E-state index contributed by atoms with van der Waals surface area (Å²) in [6.45, 7) is 2.34. The second-order valence-corrected chi connectivity index (χ2v) is 11.3. The zero-order valence-corrected chi connectivity index (χ0v) is 25.3. The van der Waals surface area contributed by atoms with Crippen molar-refractivity contribution in [2.45, 2.75) is 12.1 Å². The highest BCUT2D eigenvalue weighted by atomic mass is 16.7. The summed E-state index contributed by atoms with van der Waals surface area (Å²) < 4.78 is 32.8. The van der Waals surface area contributed by atoms with Gasteiger partial charge in [-0.15, -0.1) is 0 Å². The second-order valence-electron chi connectivity index (χ2n) is 11.3. The van der Waals surface area contributed by atoms with Gasteiger partial charge in [0, 0.05) is 49.4 Å². The maximum absolute atomic E-state index is 11.2. The molecule has 3 aliphatic rings. The number of ether oxygens (including phenoxy) is 6. The molecule has 4 N–H and O–H groups in total. The first kappa shape index (κ1) is 29.5. The van der Waals surface area contributed by atoms with Crippen LogP contribution in [0.5, 0.6) is 57.5 Å². The Labute approximate surface area is 265 Å². The van der Waals surface area contributed by atoms with E-state index < -0.39 is 12.1 Å². The molecule has 4 aromatic rings. The van der Waals surface area contributed by atoms with E-state index in [1.54, 1.807) is 48.5 Å². The zero-order chi connectivity index (χ0) is 31.9. The van der Waals surface area contributed by atoms with Gasteiger partial charge in [0.25, 0.3) is 0 Å². The third-order valence-corrected chi connectivity index (χ3v) is 8.75. The summed E-state index contributed by atoms with van der Waals surface area (Å²) in [7, 11) is 2.98. The maximum atomic E-state index is 11.2. The topological polar surface area (TPSA) is 143 Å². The van der Waals surface area contributed by atoms with Crippen LogP contribution in [0.15, 0.2) is 60.7 Å². The Hall–Kier alpha value is -5.20. The van der Waals surface area contributed by atoms with Crippen LogP contribution in [-0.2, 0) is 0 Å². The van der Waals surface area contributed by atoms with Gasteiger partial charge >= 0.3 is 0 Å². The average Bonchev–Trinajstić information content (AvgIpc) is 3.71. The van der Waals surface area contributed by atoms with E-state index in [4.69, 9.17) is 28.4 Å². The fraction of sp³-hybridized carbons (Fsp3) is 0.294. The van der Waals surface area contributed by atoms with E-state index in [0.717, 1.165) is 11.1 Å². The summed E-state index contributed by atoms with van der Waals surface area (Å²) >= 11 is 0. The first-order valence-electron chi connectivity index (χ1n) is 14.8. The summed E-state index contributed by atoms with van der Waals surface area (Å²) in [5, 5.41) is 43.8. The fourth-order valence-corrected chi connectivity index (χ4v) is 6.51. The van der Waals surface area contributed by atoms with Gasteiger partial charge in [-0.25, -0.2) is 0 Å². The van der Waals surface area contributed by atoms with Crippen LogP contribution in [0, 0.1) is 0 Å². The Morgan fingerprint density at radius 1 is 0.522 bits per heavy atom. The molecule has 0 radical (unpaired) electrons. The first-order valence-corrected chi connectivity index (χ1v) is 14.8. The Kier molecular flexibility index (Phi) is 7.67. The Morgan fingerprint density at radius 2 is 0.891 bits per heavy atom. The largest absolute Gasteiger partial charge is 0.507 e. The van der Waals surface area contributed by atoms with Crippen LogP contribution in [0.25, 0.3) is 0 Å². The molecule has 7 rings (SSSR count). The Morgan fingerprint density at radius 3 is 1.24 bits per heavy atom. The highest BCUT2D eigenvalue weighted by Crippen LogP contribution is 2.47. The molecular weight excluding hydrogens is 596 g/mol. The van der Waals surface area contributed by atoms with Gasteiger partial charge < -0.3 is 48.8 Å². The summed E-state index contributed by atoms with van der Waals surface area (Å²) in [5.74, 6) is 2.76. The maximum Gasteiger partial charge on any atom is 0.231 e. The van der Waals surface area contributed by atoms with Crippen LogP contribution in [-0.4, -0.2) is 84.2 Å². The molecule has 46 heavy (non-hydrogen) atoms. The third-order valence-electron chi connectivity index (χ3n) is 8.75. The number of hydrogen-bond donors (Lipinski definition) is 4. The van der Waals surface area contributed by atoms with Crippen LogP contribution in [0.4, 0.5) is 0 Å². The summed E-state index contributed by atoms with van der Waals surface area (Å²) in [6.07, 6.45) is 0. The van der Waals surface area contributed by atoms with E-state index in [9.17, 15) is 20.4 Å². The predicted molar refractivity (Wildman–Crippen MR) is 165 cm³/mol. The molecule has 0 spiro atoms. The lowest BCUT2D eigenvalue weighted by molar-refractivity contribution is 0.0881. The van der Waals surface area contributed by atoms with Crippen molar-refractivity contribution in [3.8, 4) is 57.5 Å². The molecule has 4 aromatic carbocycles. The number of benzene rings is 4. The number of piperazine rings is 1.